The number of rotatable bonds is 5. The largest absolute Gasteiger partial charge is 0.357 e. The molecule has 1 N–H and O–H groups in total. The number of nitrogens with one attached hydrogen (secondary N) is 1. The molecule has 7 nitrogen and oxygen atoms in total. The lowest BCUT2D eigenvalue weighted by atomic mass is 9.96. The third kappa shape index (κ3) is 3.92. The molecule has 1 saturated heterocycles. The van der Waals surface area contributed by atoms with Crippen molar-refractivity contribution in [2.45, 2.75) is 44.6 Å². The fourth-order valence-electron chi connectivity index (χ4n) is 4.09. The van der Waals surface area contributed by atoms with Crippen molar-refractivity contribution in [1.82, 2.24) is 19.7 Å². The van der Waals surface area contributed by atoms with Crippen LogP contribution in [0.4, 0.5) is 11.5 Å². The number of pyridine rings is 1. The summed E-state index contributed by atoms with van der Waals surface area (Å²) in [5, 5.41) is 11.5. The zero-order chi connectivity index (χ0) is 20.5. The zero-order valence-corrected chi connectivity index (χ0v) is 17.2. The molecule has 7 heteroatoms. The number of hydrogen-bond donors (Lipinski definition) is 1. The summed E-state index contributed by atoms with van der Waals surface area (Å²) in [5.41, 5.74) is 2.51. The first-order valence-corrected chi connectivity index (χ1v) is 10.7. The van der Waals surface area contributed by atoms with Crippen LogP contribution in [0.1, 0.15) is 59.4 Å². The molecule has 3 aromatic rings. The molecule has 0 spiro atoms. The van der Waals surface area contributed by atoms with Crippen molar-refractivity contribution >= 4 is 17.4 Å². The monoisotopic (exact) mass is 402 g/mol. The summed E-state index contributed by atoms with van der Waals surface area (Å²) in [5.74, 6) is 2.39. The number of aromatic nitrogens is 4. The number of carbonyl (C=O) groups is 1. The van der Waals surface area contributed by atoms with Gasteiger partial charge in [0, 0.05) is 36.9 Å². The summed E-state index contributed by atoms with van der Waals surface area (Å²) in [6.07, 6.45) is 8.14. The van der Waals surface area contributed by atoms with Crippen LogP contribution in [-0.2, 0) is 0 Å². The molecule has 5 rings (SSSR count). The van der Waals surface area contributed by atoms with Crippen molar-refractivity contribution in [3.8, 4) is 0 Å². The highest BCUT2D eigenvalue weighted by Crippen LogP contribution is 2.38. The molecule has 0 bridgehead atoms. The lowest BCUT2D eigenvalue weighted by Crippen LogP contribution is -2.34. The number of benzene rings is 1. The van der Waals surface area contributed by atoms with Crippen LogP contribution >= 0.6 is 0 Å². The predicted molar refractivity (Wildman–Crippen MR) is 116 cm³/mol. The van der Waals surface area contributed by atoms with Gasteiger partial charge in [-0.3, -0.25) is 4.79 Å². The number of amides is 1. The van der Waals surface area contributed by atoms with E-state index in [4.69, 9.17) is 0 Å². The second-order valence-corrected chi connectivity index (χ2v) is 8.31. The Morgan fingerprint density at radius 2 is 1.80 bits per heavy atom. The van der Waals surface area contributed by atoms with E-state index in [1.165, 1.54) is 12.8 Å². The van der Waals surface area contributed by atoms with Gasteiger partial charge in [-0.2, -0.15) is 0 Å². The van der Waals surface area contributed by atoms with E-state index < -0.39 is 0 Å². The summed E-state index contributed by atoms with van der Waals surface area (Å²) >= 11 is 0. The van der Waals surface area contributed by atoms with E-state index in [1.54, 1.807) is 6.20 Å². The highest BCUT2D eigenvalue weighted by molar-refractivity contribution is 6.04. The van der Waals surface area contributed by atoms with Crippen molar-refractivity contribution in [3.05, 3.63) is 65.9 Å². The lowest BCUT2D eigenvalue weighted by Gasteiger charge is -2.32. The van der Waals surface area contributed by atoms with E-state index in [2.05, 4.69) is 30.0 Å². The quantitative estimate of drug-likeness (QED) is 0.699. The number of anilines is 2. The molecule has 3 heterocycles. The standard InChI is InChI=1S/C23H26N6O/c1-16-2-5-19(6-3-16)26-23(30)18-4-9-21(24-14-18)28-12-10-17(11-13-28)22-27-25-15-29(22)20-7-8-20/h2-6,9,14-15,17,20H,7-8,10-13H2,1H3,(H,26,30). The summed E-state index contributed by atoms with van der Waals surface area (Å²) < 4.78 is 2.28. The van der Waals surface area contributed by atoms with Crippen LogP contribution in [-0.4, -0.2) is 38.7 Å². The van der Waals surface area contributed by atoms with Crippen LogP contribution in [0.5, 0.6) is 0 Å². The van der Waals surface area contributed by atoms with E-state index in [0.717, 1.165) is 48.8 Å². The summed E-state index contributed by atoms with van der Waals surface area (Å²) in [7, 11) is 0. The Kier molecular flexibility index (Phi) is 4.94. The molecule has 2 fully saturated rings. The third-order valence-corrected chi connectivity index (χ3v) is 6.04. The first-order chi connectivity index (χ1) is 14.7. The van der Waals surface area contributed by atoms with Gasteiger partial charge in [-0.25, -0.2) is 4.98 Å². The maximum Gasteiger partial charge on any atom is 0.257 e. The SMILES string of the molecule is Cc1ccc(NC(=O)c2ccc(N3CCC(c4nncn4C4CC4)CC3)nc2)cc1. The second kappa shape index (κ2) is 7.89. The molecule has 0 radical (unpaired) electrons. The molecule has 2 aromatic heterocycles. The molecular formula is C23H26N6O. The van der Waals surface area contributed by atoms with E-state index in [0.29, 0.717) is 17.5 Å². The summed E-state index contributed by atoms with van der Waals surface area (Å²) in [6.45, 7) is 3.89. The van der Waals surface area contributed by atoms with Gasteiger partial charge in [-0.15, -0.1) is 10.2 Å². The first kappa shape index (κ1) is 18.8. The Hall–Kier alpha value is -3.22. The van der Waals surface area contributed by atoms with Crippen LogP contribution in [0.25, 0.3) is 0 Å². The molecule has 0 atom stereocenters. The molecule has 1 saturated carbocycles. The van der Waals surface area contributed by atoms with Crippen molar-refractivity contribution in [1.29, 1.82) is 0 Å². The van der Waals surface area contributed by atoms with Crippen LogP contribution in [0.3, 0.4) is 0 Å². The van der Waals surface area contributed by atoms with Crippen LogP contribution in [0.15, 0.2) is 48.9 Å². The third-order valence-electron chi connectivity index (χ3n) is 6.04. The van der Waals surface area contributed by atoms with Gasteiger partial charge in [0.25, 0.3) is 5.91 Å². The van der Waals surface area contributed by atoms with E-state index >= 15 is 0 Å². The number of hydrogen-bond acceptors (Lipinski definition) is 5. The molecule has 2 aliphatic rings. The normalized spacial score (nSPS) is 17.2. The fraction of sp³-hybridized carbons (Fsp3) is 0.391. The van der Waals surface area contributed by atoms with Gasteiger partial charge in [0.2, 0.25) is 0 Å². The Balaban J connectivity index is 1.19. The average molecular weight is 403 g/mol. The highest BCUT2D eigenvalue weighted by Gasteiger charge is 2.31. The van der Waals surface area contributed by atoms with Gasteiger partial charge in [0.1, 0.15) is 18.0 Å². The Morgan fingerprint density at radius 3 is 2.47 bits per heavy atom. The Bertz CT molecular complexity index is 1010. The predicted octanol–water partition coefficient (Wildman–Crippen LogP) is 3.95. The van der Waals surface area contributed by atoms with Crippen LogP contribution in [0, 0.1) is 6.92 Å². The number of piperidine rings is 1. The summed E-state index contributed by atoms with van der Waals surface area (Å²) in [6, 6.07) is 12.2. The minimum absolute atomic E-state index is 0.143. The van der Waals surface area contributed by atoms with E-state index in [1.807, 2.05) is 49.6 Å². The van der Waals surface area contributed by atoms with Crippen LogP contribution < -0.4 is 10.2 Å². The molecule has 1 amide bonds. The zero-order valence-electron chi connectivity index (χ0n) is 17.2. The van der Waals surface area contributed by atoms with Gasteiger partial charge in [-0.05, 0) is 56.9 Å². The van der Waals surface area contributed by atoms with Gasteiger partial charge in [0.15, 0.2) is 0 Å². The van der Waals surface area contributed by atoms with Crippen molar-refractivity contribution in [3.63, 3.8) is 0 Å². The second-order valence-electron chi connectivity index (χ2n) is 8.31. The highest BCUT2D eigenvalue weighted by atomic mass is 16.1. The van der Waals surface area contributed by atoms with Gasteiger partial charge >= 0.3 is 0 Å². The Labute approximate surface area is 176 Å². The molecule has 0 unspecified atom stereocenters. The van der Waals surface area contributed by atoms with Crippen molar-refractivity contribution < 1.29 is 4.79 Å². The number of nitrogens with zero attached hydrogens (tertiary/aromatic N) is 5. The average Bonchev–Trinajstić information content (AvgIpc) is 3.52. The number of aryl methyl sites for hydroxylation is 1. The van der Waals surface area contributed by atoms with Gasteiger partial charge < -0.3 is 14.8 Å². The van der Waals surface area contributed by atoms with Gasteiger partial charge in [0.05, 0.1) is 5.56 Å². The fourth-order valence-corrected chi connectivity index (χ4v) is 4.09. The Morgan fingerprint density at radius 1 is 1.03 bits per heavy atom. The first-order valence-electron chi connectivity index (χ1n) is 10.7. The maximum atomic E-state index is 12.5. The maximum absolute atomic E-state index is 12.5. The molecular weight excluding hydrogens is 376 g/mol. The topological polar surface area (TPSA) is 75.9 Å². The molecule has 1 aliphatic carbocycles. The van der Waals surface area contributed by atoms with Gasteiger partial charge in [-0.1, -0.05) is 17.7 Å². The van der Waals surface area contributed by atoms with E-state index in [-0.39, 0.29) is 5.91 Å². The molecule has 154 valence electrons. The van der Waals surface area contributed by atoms with Crippen molar-refractivity contribution in [2.75, 3.05) is 23.3 Å². The lowest BCUT2D eigenvalue weighted by molar-refractivity contribution is 0.102. The minimum Gasteiger partial charge on any atom is -0.357 e. The summed E-state index contributed by atoms with van der Waals surface area (Å²) in [4.78, 5) is 19.3. The number of carbonyl (C=O) groups excluding carboxylic acids is 1. The molecule has 1 aliphatic heterocycles. The van der Waals surface area contributed by atoms with Crippen molar-refractivity contribution in [2.24, 2.45) is 0 Å². The minimum atomic E-state index is -0.143. The van der Waals surface area contributed by atoms with Crippen LogP contribution in [0.2, 0.25) is 0 Å². The van der Waals surface area contributed by atoms with E-state index in [9.17, 15) is 4.79 Å². The molecule has 30 heavy (non-hydrogen) atoms. The smallest absolute Gasteiger partial charge is 0.257 e. The molecule has 1 aromatic carbocycles.